The first kappa shape index (κ1) is 15.5. The second-order valence-electron chi connectivity index (χ2n) is 5.09. The van der Waals surface area contributed by atoms with E-state index in [1.807, 2.05) is 31.2 Å². The Hall–Kier alpha value is -1.91. The third-order valence-corrected chi connectivity index (χ3v) is 3.66. The van der Waals surface area contributed by atoms with Crippen molar-refractivity contribution in [3.63, 3.8) is 0 Å². The smallest absolute Gasteiger partial charge is 0.165 e. The predicted octanol–water partition coefficient (Wildman–Crippen LogP) is 2.92. The van der Waals surface area contributed by atoms with Crippen molar-refractivity contribution in [2.75, 3.05) is 13.7 Å². The Bertz CT molecular complexity index is 598. The third-order valence-electron chi connectivity index (χ3n) is 3.66. The lowest BCUT2D eigenvalue weighted by atomic mass is 9.89. The van der Waals surface area contributed by atoms with Crippen molar-refractivity contribution in [1.82, 2.24) is 0 Å². The molecular formula is C17H20FNO2. The molecule has 0 amide bonds. The zero-order valence-corrected chi connectivity index (χ0v) is 12.2. The molecule has 0 aliphatic carbocycles. The fourth-order valence-electron chi connectivity index (χ4n) is 2.35. The van der Waals surface area contributed by atoms with Crippen molar-refractivity contribution in [2.45, 2.75) is 18.9 Å². The van der Waals surface area contributed by atoms with Crippen LogP contribution >= 0.6 is 0 Å². The first-order valence-electron chi connectivity index (χ1n) is 6.85. The molecule has 4 heteroatoms. The van der Waals surface area contributed by atoms with Gasteiger partial charge in [-0.1, -0.05) is 35.9 Å². The van der Waals surface area contributed by atoms with E-state index in [1.165, 1.54) is 19.2 Å². The lowest BCUT2D eigenvalue weighted by Crippen LogP contribution is -2.20. The molecule has 21 heavy (non-hydrogen) atoms. The molecule has 2 aromatic carbocycles. The molecule has 0 heterocycles. The third kappa shape index (κ3) is 3.40. The molecule has 0 fully saturated rings. The van der Waals surface area contributed by atoms with Gasteiger partial charge in [0.25, 0.3) is 0 Å². The van der Waals surface area contributed by atoms with E-state index in [4.69, 9.17) is 10.5 Å². The normalized spacial score (nSPS) is 13.8. The van der Waals surface area contributed by atoms with Gasteiger partial charge < -0.3 is 15.6 Å². The minimum Gasteiger partial charge on any atom is -0.494 e. The van der Waals surface area contributed by atoms with Crippen molar-refractivity contribution < 1.29 is 14.2 Å². The lowest BCUT2D eigenvalue weighted by molar-refractivity contribution is 0.147. The van der Waals surface area contributed by atoms with Gasteiger partial charge in [-0.05, 0) is 30.2 Å². The van der Waals surface area contributed by atoms with Crippen LogP contribution in [0.15, 0.2) is 42.5 Å². The zero-order chi connectivity index (χ0) is 15.4. The number of nitrogens with two attached hydrogens (primary N) is 1. The zero-order valence-electron chi connectivity index (χ0n) is 12.2. The van der Waals surface area contributed by atoms with Crippen LogP contribution in [0.25, 0.3) is 0 Å². The highest BCUT2D eigenvalue weighted by Crippen LogP contribution is 2.32. The van der Waals surface area contributed by atoms with Crippen LogP contribution in [0.4, 0.5) is 4.39 Å². The van der Waals surface area contributed by atoms with Crippen LogP contribution in [0, 0.1) is 12.7 Å². The maximum Gasteiger partial charge on any atom is 0.165 e. The average Bonchev–Trinajstić information content (AvgIpc) is 2.50. The van der Waals surface area contributed by atoms with Gasteiger partial charge in [0.1, 0.15) is 0 Å². The number of hydrogen-bond acceptors (Lipinski definition) is 3. The average molecular weight is 289 g/mol. The Balaban J connectivity index is 2.31. The maximum absolute atomic E-state index is 13.5. The van der Waals surface area contributed by atoms with E-state index in [9.17, 15) is 9.50 Å². The molecule has 0 saturated carbocycles. The van der Waals surface area contributed by atoms with Crippen LogP contribution in [-0.4, -0.2) is 18.8 Å². The number of halogens is 1. The van der Waals surface area contributed by atoms with Gasteiger partial charge in [-0.25, -0.2) is 4.39 Å². The number of ether oxygens (including phenoxy) is 1. The first-order valence-corrected chi connectivity index (χ1v) is 6.85. The summed E-state index contributed by atoms with van der Waals surface area (Å²) in [5.74, 6) is -0.583. The van der Waals surface area contributed by atoms with Crippen LogP contribution in [0.1, 0.15) is 28.7 Å². The minimum atomic E-state index is -0.813. The standard InChI is InChI=1S/C17H20FNO2/c1-11-3-5-12(6-4-11)14(10-19)17(20)13-7-8-15(18)16(9-13)21-2/h3-9,14,17,20H,10,19H2,1-2H3. The molecule has 0 bridgehead atoms. The Morgan fingerprint density at radius 2 is 1.76 bits per heavy atom. The topological polar surface area (TPSA) is 55.5 Å². The van der Waals surface area contributed by atoms with Gasteiger partial charge >= 0.3 is 0 Å². The fourth-order valence-corrected chi connectivity index (χ4v) is 2.35. The van der Waals surface area contributed by atoms with E-state index in [0.29, 0.717) is 12.1 Å². The maximum atomic E-state index is 13.5. The van der Waals surface area contributed by atoms with Crippen LogP contribution < -0.4 is 10.5 Å². The van der Waals surface area contributed by atoms with Crippen LogP contribution in [0.2, 0.25) is 0 Å². The molecule has 0 aromatic heterocycles. The second kappa shape index (κ2) is 6.70. The summed E-state index contributed by atoms with van der Waals surface area (Å²) >= 11 is 0. The van der Waals surface area contributed by atoms with Crippen molar-refractivity contribution in [1.29, 1.82) is 0 Å². The highest BCUT2D eigenvalue weighted by Gasteiger charge is 2.22. The molecule has 0 aliphatic heterocycles. The predicted molar refractivity (Wildman–Crippen MR) is 80.9 cm³/mol. The molecule has 0 saturated heterocycles. The number of hydrogen-bond donors (Lipinski definition) is 2. The van der Waals surface area contributed by atoms with Gasteiger partial charge in [0, 0.05) is 12.5 Å². The number of rotatable bonds is 5. The summed E-state index contributed by atoms with van der Waals surface area (Å²) in [6.45, 7) is 2.30. The van der Waals surface area contributed by atoms with Gasteiger partial charge in [-0.2, -0.15) is 0 Å². The Kier molecular flexibility index (Phi) is 4.94. The van der Waals surface area contributed by atoms with Gasteiger partial charge in [-0.15, -0.1) is 0 Å². The van der Waals surface area contributed by atoms with E-state index in [-0.39, 0.29) is 11.7 Å². The van der Waals surface area contributed by atoms with Gasteiger partial charge in [-0.3, -0.25) is 0 Å². The highest BCUT2D eigenvalue weighted by molar-refractivity contribution is 5.34. The molecule has 3 N–H and O–H groups in total. The van der Waals surface area contributed by atoms with Crippen LogP contribution in [0.3, 0.4) is 0 Å². The number of benzene rings is 2. The highest BCUT2D eigenvalue weighted by atomic mass is 19.1. The number of aliphatic hydroxyl groups excluding tert-OH is 1. The molecule has 3 nitrogen and oxygen atoms in total. The second-order valence-corrected chi connectivity index (χ2v) is 5.09. The molecule has 0 radical (unpaired) electrons. The summed E-state index contributed by atoms with van der Waals surface area (Å²) < 4.78 is 18.4. The monoisotopic (exact) mass is 289 g/mol. The van der Waals surface area contributed by atoms with Gasteiger partial charge in [0.15, 0.2) is 11.6 Å². The molecule has 2 aromatic rings. The van der Waals surface area contributed by atoms with E-state index in [1.54, 1.807) is 6.07 Å². The van der Waals surface area contributed by atoms with Crippen LogP contribution in [0.5, 0.6) is 5.75 Å². The summed E-state index contributed by atoms with van der Waals surface area (Å²) in [5, 5.41) is 10.6. The van der Waals surface area contributed by atoms with E-state index in [2.05, 4.69) is 0 Å². The van der Waals surface area contributed by atoms with Crippen molar-refractivity contribution in [3.05, 3.63) is 65.0 Å². The van der Waals surface area contributed by atoms with E-state index in [0.717, 1.165) is 11.1 Å². The molecular weight excluding hydrogens is 269 g/mol. The largest absolute Gasteiger partial charge is 0.494 e. The first-order chi connectivity index (χ1) is 10.1. The summed E-state index contributed by atoms with van der Waals surface area (Å²) in [7, 11) is 1.40. The lowest BCUT2D eigenvalue weighted by Gasteiger charge is -2.23. The summed E-state index contributed by atoms with van der Waals surface area (Å²) in [6, 6.07) is 12.2. The minimum absolute atomic E-state index is 0.117. The Labute approximate surface area is 124 Å². The molecule has 2 atom stereocenters. The molecule has 0 spiro atoms. The number of methoxy groups -OCH3 is 1. The van der Waals surface area contributed by atoms with E-state index < -0.39 is 11.9 Å². The number of aryl methyl sites for hydroxylation is 1. The van der Waals surface area contributed by atoms with E-state index >= 15 is 0 Å². The summed E-state index contributed by atoms with van der Waals surface area (Å²) in [5.41, 5.74) is 8.51. The molecule has 112 valence electrons. The summed E-state index contributed by atoms with van der Waals surface area (Å²) in [4.78, 5) is 0. The molecule has 2 rings (SSSR count). The fraction of sp³-hybridized carbons (Fsp3) is 0.294. The van der Waals surface area contributed by atoms with Crippen LogP contribution in [-0.2, 0) is 0 Å². The Morgan fingerprint density at radius 1 is 1.14 bits per heavy atom. The quantitative estimate of drug-likeness (QED) is 0.890. The van der Waals surface area contributed by atoms with Crippen molar-refractivity contribution >= 4 is 0 Å². The SMILES string of the molecule is COc1cc(C(O)C(CN)c2ccc(C)cc2)ccc1F. The summed E-state index contributed by atoms with van der Waals surface area (Å²) in [6.07, 6.45) is -0.813. The van der Waals surface area contributed by atoms with Crippen molar-refractivity contribution in [2.24, 2.45) is 5.73 Å². The molecule has 0 aliphatic rings. The number of aliphatic hydroxyl groups is 1. The van der Waals surface area contributed by atoms with Gasteiger partial charge in [0.05, 0.1) is 13.2 Å². The van der Waals surface area contributed by atoms with Crippen molar-refractivity contribution in [3.8, 4) is 5.75 Å². The Morgan fingerprint density at radius 3 is 2.33 bits per heavy atom. The molecule has 2 unspecified atom stereocenters. The van der Waals surface area contributed by atoms with Gasteiger partial charge in [0.2, 0.25) is 0 Å².